The highest BCUT2D eigenvalue weighted by atomic mass is 16.2. The van der Waals surface area contributed by atoms with Crippen molar-refractivity contribution in [2.45, 2.75) is 57.8 Å². The van der Waals surface area contributed by atoms with Crippen LogP contribution in [0.2, 0.25) is 0 Å². The maximum Gasteiger partial charge on any atom is 0.230 e. The van der Waals surface area contributed by atoms with E-state index in [0.717, 1.165) is 44.1 Å². The van der Waals surface area contributed by atoms with Gasteiger partial charge < -0.3 is 15.5 Å². The van der Waals surface area contributed by atoms with Crippen molar-refractivity contribution in [1.82, 2.24) is 15.5 Å². The molecule has 0 unspecified atom stereocenters. The topological polar surface area (TPSA) is 56.7 Å². The second-order valence-electron chi connectivity index (χ2n) is 7.50. The van der Waals surface area contributed by atoms with E-state index in [1.165, 1.54) is 32.1 Å². The Balaban J connectivity index is 1.84. The number of amides is 1. The zero-order valence-corrected chi connectivity index (χ0v) is 15.2. The molecule has 0 aliphatic heterocycles. The van der Waals surface area contributed by atoms with Gasteiger partial charge in [0.1, 0.15) is 0 Å². The quantitative estimate of drug-likeness (QED) is 0.603. The standard InChI is InChI=1S/C18H34N4O/c1-19-17(20-13-15-9-5-4-6-10-15)21-14-18(11-7-8-12-18)16(23)22(2)3/h15H,4-14H2,1-3H3,(H2,19,20,21). The molecule has 5 nitrogen and oxygen atoms in total. The van der Waals surface area contributed by atoms with E-state index in [2.05, 4.69) is 15.6 Å². The summed E-state index contributed by atoms with van der Waals surface area (Å²) in [6, 6.07) is 0. The van der Waals surface area contributed by atoms with Crippen LogP contribution in [0, 0.1) is 11.3 Å². The minimum absolute atomic E-state index is 0.244. The summed E-state index contributed by atoms with van der Waals surface area (Å²) in [5, 5.41) is 6.88. The van der Waals surface area contributed by atoms with Gasteiger partial charge in [0.2, 0.25) is 5.91 Å². The van der Waals surface area contributed by atoms with E-state index in [4.69, 9.17) is 0 Å². The molecule has 2 N–H and O–H groups in total. The van der Waals surface area contributed by atoms with Crippen LogP contribution in [-0.2, 0) is 4.79 Å². The fourth-order valence-electron chi connectivity index (χ4n) is 4.10. The molecular formula is C18H34N4O. The number of guanidine groups is 1. The Kier molecular flexibility index (Phi) is 6.72. The highest BCUT2D eigenvalue weighted by Crippen LogP contribution is 2.38. The van der Waals surface area contributed by atoms with E-state index in [9.17, 15) is 4.79 Å². The summed E-state index contributed by atoms with van der Waals surface area (Å²) in [5.41, 5.74) is -0.244. The molecule has 2 aliphatic rings. The molecule has 0 saturated heterocycles. The summed E-state index contributed by atoms with van der Waals surface area (Å²) in [5.74, 6) is 1.87. The average Bonchev–Trinajstić information content (AvgIpc) is 3.05. The van der Waals surface area contributed by atoms with Gasteiger partial charge in [-0.3, -0.25) is 9.79 Å². The van der Waals surface area contributed by atoms with Crippen LogP contribution in [-0.4, -0.2) is 51.0 Å². The van der Waals surface area contributed by atoms with Gasteiger partial charge in [0.05, 0.1) is 5.41 Å². The summed E-state index contributed by atoms with van der Waals surface area (Å²) >= 11 is 0. The Labute approximate surface area is 141 Å². The second kappa shape index (κ2) is 8.55. The molecule has 0 aromatic heterocycles. The molecule has 0 heterocycles. The second-order valence-corrected chi connectivity index (χ2v) is 7.50. The molecule has 0 aromatic carbocycles. The van der Waals surface area contributed by atoms with Gasteiger partial charge >= 0.3 is 0 Å². The molecule has 2 saturated carbocycles. The van der Waals surface area contributed by atoms with Crippen LogP contribution in [0.3, 0.4) is 0 Å². The summed E-state index contributed by atoms with van der Waals surface area (Å²) in [7, 11) is 5.53. The minimum atomic E-state index is -0.244. The van der Waals surface area contributed by atoms with Crippen LogP contribution in [0.1, 0.15) is 57.8 Å². The van der Waals surface area contributed by atoms with Gasteiger partial charge in [-0.2, -0.15) is 0 Å². The lowest BCUT2D eigenvalue weighted by molar-refractivity contribution is -0.138. The predicted octanol–water partition coefficient (Wildman–Crippen LogP) is 2.38. The molecule has 0 atom stereocenters. The van der Waals surface area contributed by atoms with Crippen molar-refractivity contribution < 1.29 is 4.79 Å². The molecular weight excluding hydrogens is 288 g/mol. The third kappa shape index (κ3) is 4.85. The van der Waals surface area contributed by atoms with Crippen LogP contribution in [0.25, 0.3) is 0 Å². The van der Waals surface area contributed by atoms with E-state index >= 15 is 0 Å². The number of carbonyl (C=O) groups is 1. The van der Waals surface area contributed by atoms with Gasteiger partial charge in [-0.25, -0.2) is 0 Å². The summed E-state index contributed by atoms with van der Waals surface area (Å²) in [6.45, 7) is 1.68. The predicted molar refractivity (Wildman–Crippen MR) is 95.5 cm³/mol. The first-order chi connectivity index (χ1) is 11.1. The van der Waals surface area contributed by atoms with Gasteiger partial charge in [-0.05, 0) is 31.6 Å². The number of hydrogen-bond donors (Lipinski definition) is 2. The Bertz CT molecular complexity index is 407. The maximum absolute atomic E-state index is 12.6. The number of hydrogen-bond acceptors (Lipinski definition) is 2. The molecule has 132 valence electrons. The molecule has 1 amide bonds. The molecule has 0 spiro atoms. The largest absolute Gasteiger partial charge is 0.356 e. The first kappa shape index (κ1) is 18.1. The van der Waals surface area contributed by atoms with Gasteiger partial charge in [0.25, 0.3) is 0 Å². The van der Waals surface area contributed by atoms with Crippen LogP contribution in [0.15, 0.2) is 4.99 Å². The molecule has 0 aromatic rings. The van der Waals surface area contributed by atoms with Crippen molar-refractivity contribution in [1.29, 1.82) is 0 Å². The molecule has 23 heavy (non-hydrogen) atoms. The highest BCUT2D eigenvalue weighted by Gasteiger charge is 2.42. The molecule has 2 rings (SSSR count). The van der Waals surface area contributed by atoms with Crippen molar-refractivity contribution in [3.63, 3.8) is 0 Å². The maximum atomic E-state index is 12.6. The van der Waals surface area contributed by atoms with Crippen molar-refractivity contribution >= 4 is 11.9 Å². The third-order valence-electron chi connectivity index (χ3n) is 5.52. The monoisotopic (exact) mass is 322 g/mol. The lowest BCUT2D eigenvalue weighted by Crippen LogP contribution is -2.49. The van der Waals surface area contributed by atoms with Crippen molar-refractivity contribution in [3.05, 3.63) is 0 Å². The molecule has 2 aliphatic carbocycles. The normalized spacial score (nSPS) is 22.0. The summed E-state index contributed by atoms with van der Waals surface area (Å²) < 4.78 is 0. The fourth-order valence-corrected chi connectivity index (χ4v) is 4.10. The number of nitrogens with zero attached hydrogens (tertiary/aromatic N) is 2. The zero-order valence-electron chi connectivity index (χ0n) is 15.2. The van der Waals surface area contributed by atoms with E-state index in [1.807, 2.05) is 21.1 Å². The number of rotatable bonds is 5. The smallest absolute Gasteiger partial charge is 0.230 e. The number of carbonyl (C=O) groups excluding carboxylic acids is 1. The van der Waals surface area contributed by atoms with Gasteiger partial charge in [-0.1, -0.05) is 32.1 Å². The first-order valence-corrected chi connectivity index (χ1v) is 9.24. The zero-order chi connectivity index (χ0) is 16.7. The minimum Gasteiger partial charge on any atom is -0.356 e. The Morgan fingerprint density at radius 3 is 2.30 bits per heavy atom. The Morgan fingerprint density at radius 2 is 1.74 bits per heavy atom. The van der Waals surface area contributed by atoms with Crippen molar-refractivity contribution in [2.24, 2.45) is 16.3 Å². The van der Waals surface area contributed by atoms with Crippen molar-refractivity contribution in [2.75, 3.05) is 34.2 Å². The lowest BCUT2D eigenvalue weighted by atomic mass is 9.84. The third-order valence-corrected chi connectivity index (χ3v) is 5.52. The first-order valence-electron chi connectivity index (χ1n) is 9.24. The van der Waals surface area contributed by atoms with Gasteiger partial charge in [-0.15, -0.1) is 0 Å². The van der Waals surface area contributed by atoms with E-state index in [1.54, 1.807) is 4.90 Å². The van der Waals surface area contributed by atoms with Crippen molar-refractivity contribution in [3.8, 4) is 0 Å². The Morgan fingerprint density at radius 1 is 1.09 bits per heavy atom. The number of aliphatic imine (C=N–C) groups is 1. The average molecular weight is 322 g/mol. The van der Waals surface area contributed by atoms with Crippen LogP contribution in [0.4, 0.5) is 0 Å². The summed E-state index contributed by atoms with van der Waals surface area (Å²) in [4.78, 5) is 18.7. The molecule has 0 radical (unpaired) electrons. The van der Waals surface area contributed by atoms with Crippen LogP contribution < -0.4 is 10.6 Å². The highest BCUT2D eigenvalue weighted by molar-refractivity contribution is 5.85. The van der Waals surface area contributed by atoms with Crippen LogP contribution >= 0.6 is 0 Å². The summed E-state index contributed by atoms with van der Waals surface area (Å²) in [6.07, 6.45) is 11.0. The molecule has 0 bridgehead atoms. The van der Waals surface area contributed by atoms with Crippen LogP contribution in [0.5, 0.6) is 0 Å². The Hall–Kier alpha value is -1.26. The molecule has 2 fully saturated rings. The number of nitrogens with one attached hydrogen (secondary N) is 2. The van der Waals surface area contributed by atoms with Gasteiger partial charge in [0, 0.05) is 34.2 Å². The van der Waals surface area contributed by atoms with E-state index in [-0.39, 0.29) is 11.3 Å². The van der Waals surface area contributed by atoms with E-state index < -0.39 is 0 Å². The lowest BCUT2D eigenvalue weighted by Gasteiger charge is -2.31. The van der Waals surface area contributed by atoms with E-state index in [0.29, 0.717) is 6.54 Å². The van der Waals surface area contributed by atoms with Gasteiger partial charge in [0.15, 0.2) is 5.96 Å². The molecule has 5 heteroatoms. The SMILES string of the molecule is CN=C(NCC1CCCCC1)NCC1(C(=O)N(C)C)CCCC1. The fraction of sp³-hybridized carbons (Fsp3) is 0.889.